The largest absolute Gasteiger partial charge is 0.445 e. The van der Waals surface area contributed by atoms with Crippen LogP contribution in [0.25, 0.3) is 0 Å². The number of carbonyl (C=O) groups is 1. The average Bonchev–Trinajstić information content (AvgIpc) is 2.84. The Hall–Kier alpha value is -0.903. The first-order chi connectivity index (χ1) is 11.8. The Morgan fingerprint density at radius 3 is 2.46 bits per heavy atom. The van der Waals surface area contributed by atoms with Gasteiger partial charge in [0.1, 0.15) is 6.61 Å². The van der Waals surface area contributed by atoms with Gasteiger partial charge in [0, 0.05) is 12.6 Å². The molecule has 0 aromatic carbocycles. The molecule has 1 saturated heterocycles. The summed E-state index contributed by atoms with van der Waals surface area (Å²) in [6.45, 7) is 15.0. The van der Waals surface area contributed by atoms with E-state index in [1.807, 2.05) is 0 Å². The van der Waals surface area contributed by atoms with Crippen LogP contribution in [-0.4, -0.2) is 65.9 Å². The number of likely N-dealkylation sites (tertiary alicyclic amines) is 1. The van der Waals surface area contributed by atoms with Crippen molar-refractivity contribution in [2.24, 2.45) is 0 Å². The first-order valence-electron chi connectivity index (χ1n) is 8.83. The quantitative estimate of drug-likeness (QED) is 0.349. The van der Waals surface area contributed by atoms with Crippen molar-refractivity contribution in [1.29, 1.82) is 0 Å². The Morgan fingerprint density at radius 1 is 1.35 bits per heavy atom. The van der Waals surface area contributed by atoms with E-state index in [2.05, 4.69) is 40.4 Å². The van der Waals surface area contributed by atoms with E-state index in [-0.39, 0.29) is 30.4 Å². The lowest BCUT2D eigenvalue weighted by atomic mass is 10.1. The summed E-state index contributed by atoms with van der Waals surface area (Å²) in [5.41, 5.74) is 0. The molecule has 7 nitrogen and oxygen atoms in total. The number of nitrogens with zero attached hydrogens (tertiary/aromatic N) is 1. The van der Waals surface area contributed by atoms with Crippen molar-refractivity contribution in [3.05, 3.63) is 12.7 Å². The highest BCUT2D eigenvalue weighted by Crippen LogP contribution is 2.39. The number of amides is 1. The molecule has 9 heteroatoms. The molecule has 152 valence electrons. The molecule has 2 unspecified atom stereocenters. The minimum absolute atomic E-state index is 0.0293. The molecule has 1 fully saturated rings. The summed E-state index contributed by atoms with van der Waals surface area (Å²) in [5, 5.41) is 0.0681. The Bertz CT molecular complexity index is 599. The smallest absolute Gasteiger partial charge is 0.410 e. The maximum atomic E-state index is 12.3. The molecule has 0 aliphatic carbocycles. The molecule has 1 amide bonds. The van der Waals surface area contributed by atoms with Crippen molar-refractivity contribution in [1.82, 2.24) is 4.90 Å². The fraction of sp³-hybridized carbons (Fsp3) is 0.824. The molecule has 1 rings (SSSR count). The summed E-state index contributed by atoms with van der Waals surface area (Å²) in [6.07, 6.45) is 3.06. The van der Waals surface area contributed by atoms with Crippen LogP contribution in [-0.2, 0) is 23.5 Å². The van der Waals surface area contributed by atoms with Crippen LogP contribution in [0.3, 0.4) is 0 Å². The number of rotatable bonds is 8. The van der Waals surface area contributed by atoms with Gasteiger partial charge < -0.3 is 14.1 Å². The Balaban J connectivity index is 2.80. The van der Waals surface area contributed by atoms with Crippen LogP contribution in [0.5, 0.6) is 0 Å². The lowest BCUT2D eigenvalue weighted by Crippen LogP contribution is -2.44. The van der Waals surface area contributed by atoms with Gasteiger partial charge in [-0.1, -0.05) is 33.4 Å². The molecule has 0 bridgehead atoms. The molecule has 0 N–H and O–H groups in total. The molecule has 0 saturated carbocycles. The van der Waals surface area contributed by atoms with Crippen molar-refractivity contribution in [3.63, 3.8) is 0 Å². The van der Waals surface area contributed by atoms with Gasteiger partial charge in [-0.15, -0.1) is 0 Å². The highest BCUT2D eigenvalue weighted by molar-refractivity contribution is 7.85. The Kier molecular flexibility index (Phi) is 7.88. The molecule has 0 aromatic rings. The Labute approximate surface area is 158 Å². The van der Waals surface area contributed by atoms with Crippen LogP contribution in [0.4, 0.5) is 4.79 Å². The second-order valence-corrected chi connectivity index (χ2v) is 14.6. The summed E-state index contributed by atoms with van der Waals surface area (Å²) < 4.78 is 38.8. The predicted octanol–water partition coefficient (Wildman–Crippen LogP) is 3.14. The van der Waals surface area contributed by atoms with Gasteiger partial charge in [0.2, 0.25) is 0 Å². The van der Waals surface area contributed by atoms with Gasteiger partial charge >= 0.3 is 6.09 Å². The summed E-state index contributed by atoms with van der Waals surface area (Å²) in [6, 6.07) is -0.177. The lowest BCUT2D eigenvalue weighted by Gasteiger charge is -2.38. The average molecular weight is 408 g/mol. The van der Waals surface area contributed by atoms with E-state index >= 15 is 0 Å². The van der Waals surface area contributed by atoms with E-state index in [9.17, 15) is 13.2 Å². The van der Waals surface area contributed by atoms with E-state index in [0.717, 1.165) is 6.26 Å². The maximum Gasteiger partial charge on any atom is 0.410 e. The maximum absolute atomic E-state index is 12.3. The van der Waals surface area contributed by atoms with Crippen LogP contribution in [0.15, 0.2) is 12.7 Å². The van der Waals surface area contributed by atoms with Crippen LogP contribution >= 0.6 is 0 Å². The van der Waals surface area contributed by atoms with Crippen LogP contribution < -0.4 is 0 Å². The van der Waals surface area contributed by atoms with Crippen LogP contribution in [0.2, 0.25) is 18.1 Å². The molecule has 0 aromatic heterocycles. The van der Waals surface area contributed by atoms with Gasteiger partial charge in [-0.05, 0) is 31.0 Å². The molecule has 2 atom stereocenters. The van der Waals surface area contributed by atoms with E-state index in [1.165, 1.54) is 6.08 Å². The highest BCUT2D eigenvalue weighted by atomic mass is 32.2. The second-order valence-electron chi connectivity index (χ2n) is 8.22. The summed E-state index contributed by atoms with van der Waals surface area (Å²) in [7, 11) is -5.47. The minimum Gasteiger partial charge on any atom is -0.445 e. The van der Waals surface area contributed by atoms with Crippen molar-refractivity contribution in [2.75, 3.05) is 26.0 Å². The predicted molar refractivity (Wildman–Crippen MR) is 104 cm³/mol. The minimum atomic E-state index is -3.50. The van der Waals surface area contributed by atoms with Crippen molar-refractivity contribution < 1.29 is 26.6 Å². The number of carbonyl (C=O) groups excluding carboxylic acids is 1. The fourth-order valence-electron chi connectivity index (χ4n) is 2.60. The first-order valence-corrected chi connectivity index (χ1v) is 13.6. The van der Waals surface area contributed by atoms with Gasteiger partial charge in [0.15, 0.2) is 8.32 Å². The number of ether oxygens (including phenoxy) is 1. The molecule has 1 aliphatic rings. The normalized spacial score (nSPS) is 21.7. The monoisotopic (exact) mass is 407 g/mol. The van der Waals surface area contributed by atoms with Crippen molar-refractivity contribution in [3.8, 4) is 0 Å². The summed E-state index contributed by atoms with van der Waals surface area (Å²) in [5.74, 6) is 0. The van der Waals surface area contributed by atoms with Crippen molar-refractivity contribution >= 4 is 24.5 Å². The van der Waals surface area contributed by atoms with Crippen LogP contribution in [0, 0.1) is 0 Å². The standard InChI is InChI=1S/C17H33NO6SSi/c1-8-10-22-16(19)18-13-15(24-26(6,7)17(2,3)4)12-14(18)9-11-23-25(5,20)21/h8,14-15H,1,9-13H2,2-7H3. The van der Waals surface area contributed by atoms with Gasteiger partial charge in [-0.3, -0.25) is 4.18 Å². The second kappa shape index (κ2) is 8.86. The van der Waals surface area contributed by atoms with E-state index in [4.69, 9.17) is 13.3 Å². The van der Waals surface area contributed by atoms with Gasteiger partial charge in [-0.2, -0.15) is 8.42 Å². The van der Waals surface area contributed by atoms with Crippen molar-refractivity contribution in [2.45, 2.75) is 63.9 Å². The molecule has 1 aliphatic heterocycles. The summed E-state index contributed by atoms with van der Waals surface area (Å²) >= 11 is 0. The van der Waals surface area contributed by atoms with E-state index < -0.39 is 24.5 Å². The molecular weight excluding hydrogens is 374 g/mol. The molecular formula is C17H33NO6SSi. The number of hydrogen-bond donors (Lipinski definition) is 0. The third-order valence-corrected chi connectivity index (χ3v) is 10.1. The third kappa shape index (κ3) is 7.01. The topological polar surface area (TPSA) is 82.1 Å². The van der Waals surface area contributed by atoms with Gasteiger partial charge in [0.05, 0.1) is 19.0 Å². The van der Waals surface area contributed by atoms with Gasteiger partial charge in [-0.25, -0.2) is 4.79 Å². The van der Waals surface area contributed by atoms with Gasteiger partial charge in [0.25, 0.3) is 10.1 Å². The SMILES string of the molecule is C=CCOC(=O)N1CC(O[Si](C)(C)C(C)(C)C)CC1CCOS(C)(=O)=O. The zero-order valence-electron chi connectivity index (χ0n) is 16.8. The lowest BCUT2D eigenvalue weighted by molar-refractivity contribution is 0.0995. The fourth-order valence-corrected chi connectivity index (χ4v) is 4.36. The molecule has 26 heavy (non-hydrogen) atoms. The third-order valence-electron chi connectivity index (χ3n) is 4.95. The van der Waals surface area contributed by atoms with Crippen LogP contribution in [0.1, 0.15) is 33.6 Å². The van der Waals surface area contributed by atoms with E-state index in [1.54, 1.807) is 4.90 Å². The zero-order valence-corrected chi connectivity index (χ0v) is 18.6. The molecule has 0 spiro atoms. The zero-order chi connectivity index (χ0) is 20.2. The first kappa shape index (κ1) is 23.1. The highest BCUT2D eigenvalue weighted by Gasteiger charge is 2.43. The molecule has 1 heterocycles. The number of hydrogen-bond acceptors (Lipinski definition) is 6. The Morgan fingerprint density at radius 2 is 1.96 bits per heavy atom. The summed E-state index contributed by atoms with van der Waals surface area (Å²) in [4.78, 5) is 14.0. The van der Waals surface area contributed by atoms with E-state index in [0.29, 0.717) is 19.4 Å². The molecule has 0 radical (unpaired) electrons.